The van der Waals surface area contributed by atoms with E-state index in [2.05, 4.69) is 9.88 Å². The highest BCUT2D eigenvalue weighted by Gasteiger charge is 2.04. The van der Waals surface area contributed by atoms with Gasteiger partial charge in [0.25, 0.3) is 0 Å². The van der Waals surface area contributed by atoms with Crippen molar-refractivity contribution in [2.24, 2.45) is 0 Å². The molecule has 2 N–H and O–H groups in total. The van der Waals surface area contributed by atoms with Crippen LogP contribution in [0.2, 0.25) is 0 Å². The predicted molar refractivity (Wildman–Crippen MR) is 62.5 cm³/mol. The number of rotatable bonds is 4. The van der Waals surface area contributed by atoms with Crippen LogP contribution < -0.4 is 5.73 Å². The van der Waals surface area contributed by atoms with Gasteiger partial charge in [0.1, 0.15) is 11.6 Å². The minimum absolute atomic E-state index is 0.559. The van der Waals surface area contributed by atoms with Crippen molar-refractivity contribution in [3.05, 3.63) is 48.0 Å². The van der Waals surface area contributed by atoms with Crippen LogP contribution in [0.4, 0.5) is 5.82 Å². The van der Waals surface area contributed by atoms with Crippen LogP contribution >= 0.6 is 0 Å². The lowest BCUT2D eigenvalue weighted by Crippen LogP contribution is -2.17. The van der Waals surface area contributed by atoms with E-state index in [1.807, 2.05) is 31.3 Å². The third-order valence-corrected chi connectivity index (χ3v) is 2.27. The van der Waals surface area contributed by atoms with Crippen molar-refractivity contribution in [1.82, 2.24) is 9.88 Å². The summed E-state index contributed by atoms with van der Waals surface area (Å²) in [7, 11) is 2.02. The summed E-state index contributed by atoms with van der Waals surface area (Å²) in [6, 6.07) is 9.52. The van der Waals surface area contributed by atoms with Crippen LogP contribution in [0.15, 0.2) is 41.0 Å². The summed E-state index contributed by atoms with van der Waals surface area (Å²) >= 11 is 0. The van der Waals surface area contributed by atoms with Crippen LogP contribution in [0.25, 0.3) is 0 Å². The zero-order valence-electron chi connectivity index (χ0n) is 9.26. The van der Waals surface area contributed by atoms with Gasteiger partial charge in [-0.3, -0.25) is 4.90 Å². The van der Waals surface area contributed by atoms with Gasteiger partial charge in [0.15, 0.2) is 0 Å². The summed E-state index contributed by atoms with van der Waals surface area (Å²) in [5, 5.41) is 0. The van der Waals surface area contributed by atoms with Crippen molar-refractivity contribution in [1.29, 1.82) is 0 Å². The molecule has 0 radical (unpaired) electrons. The van der Waals surface area contributed by atoms with Crippen molar-refractivity contribution in [3.63, 3.8) is 0 Å². The van der Waals surface area contributed by atoms with E-state index in [0.29, 0.717) is 5.82 Å². The maximum Gasteiger partial charge on any atom is 0.123 e. The van der Waals surface area contributed by atoms with Crippen molar-refractivity contribution in [2.45, 2.75) is 13.1 Å². The molecule has 4 nitrogen and oxygen atoms in total. The molecular formula is C12H15N3O. The molecule has 0 amide bonds. The molecule has 0 saturated carbocycles. The van der Waals surface area contributed by atoms with E-state index in [9.17, 15) is 0 Å². The molecule has 2 rings (SSSR count). The van der Waals surface area contributed by atoms with Gasteiger partial charge in [-0.05, 0) is 31.3 Å². The largest absolute Gasteiger partial charge is 0.468 e. The Kier molecular flexibility index (Phi) is 3.22. The molecule has 2 aromatic heterocycles. The third-order valence-electron chi connectivity index (χ3n) is 2.27. The fourth-order valence-electron chi connectivity index (χ4n) is 1.59. The summed E-state index contributed by atoms with van der Waals surface area (Å²) in [4.78, 5) is 6.37. The molecule has 0 aromatic carbocycles. The molecule has 0 aliphatic carbocycles. The number of pyridine rings is 1. The highest BCUT2D eigenvalue weighted by Crippen LogP contribution is 2.08. The maximum absolute atomic E-state index is 5.62. The summed E-state index contributed by atoms with van der Waals surface area (Å²) in [6.45, 7) is 1.52. The Morgan fingerprint density at radius 2 is 2.12 bits per heavy atom. The van der Waals surface area contributed by atoms with Gasteiger partial charge in [0.05, 0.1) is 18.5 Å². The van der Waals surface area contributed by atoms with Crippen LogP contribution in [0.5, 0.6) is 0 Å². The van der Waals surface area contributed by atoms with Crippen molar-refractivity contribution in [2.75, 3.05) is 12.8 Å². The van der Waals surface area contributed by atoms with E-state index in [1.54, 1.807) is 12.3 Å². The van der Waals surface area contributed by atoms with Gasteiger partial charge in [-0.1, -0.05) is 6.07 Å². The lowest BCUT2D eigenvalue weighted by Gasteiger charge is -2.14. The van der Waals surface area contributed by atoms with E-state index in [1.165, 1.54) is 0 Å². The molecule has 2 aromatic rings. The Balaban J connectivity index is 1.94. The maximum atomic E-state index is 5.62. The van der Waals surface area contributed by atoms with Crippen LogP contribution in [0.1, 0.15) is 11.5 Å². The Morgan fingerprint density at radius 3 is 2.81 bits per heavy atom. The van der Waals surface area contributed by atoms with Crippen LogP contribution in [0, 0.1) is 0 Å². The Morgan fingerprint density at radius 1 is 1.25 bits per heavy atom. The smallest absolute Gasteiger partial charge is 0.123 e. The molecular weight excluding hydrogens is 202 g/mol. The molecule has 4 heteroatoms. The van der Waals surface area contributed by atoms with Crippen LogP contribution in [0.3, 0.4) is 0 Å². The van der Waals surface area contributed by atoms with Crippen LogP contribution in [-0.2, 0) is 13.1 Å². The normalized spacial score (nSPS) is 10.9. The fraction of sp³-hybridized carbons (Fsp3) is 0.250. The minimum Gasteiger partial charge on any atom is -0.468 e. The van der Waals surface area contributed by atoms with Gasteiger partial charge in [-0.25, -0.2) is 4.98 Å². The number of hydrogen-bond donors (Lipinski definition) is 1. The van der Waals surface area contributed by atoms with Gasteiger partial charge in [0, 0.05) is 6.54 Å². The Bertz CT molecular complexity index is 439. The Hall–Kier alpha value is -1.81. The van der Waals surface area contributed by atoms with Crippen molar-refractivity contribution >= 4 is 5.82 Å². The van der Waals surface area contributed by atoms with Gasteiger partial charge in [-0.15, -0.1) is 0 Å². The first-order chi connectivity index (χ1) is 7.74. The molecule has 0 aliphatic rings. The second kappa shape index (κ2) is 4.81. The number of nitrogens with two attached hydrogens (primary N) is 1. The van der Waals surface area contributed by atoms with Crippen molar-refractivity contribution in [3.8, 4) is 0 Å². The van der Waals surface area contributed by atoms with E-state index in [-0.39, 0.29) is 0 Å². The second-order valence-electron chi connectivity index (χ2n) is 3.81. The van der Waals surface area contributed by atoms with Gasteiger partial charge >= 0.3 is 0 Å². The molecule has 0 bridgehead atoms. The highest BCUT2D eigenvalue weighted by molar-refractivity contribution is 5.28. The number of aromatic nitrogens is 1. The molecule has 0 fully saturated rings. The zero-order chi connectivity index (χ0) is 11.4. The van der Waals surface area contributed by atoms with E-state index < -0.39 is 0 Å². The van der Waals surface area contributed by atoms with Crippen molar-refractivity contribution < 1.29 is 4.42 Å². The molecule has 0 atom stereocenters. The summed E-state index contributed by atoms with van der Waals surface area (Å²) in [6.07, 6.45) is 1.68. The quantitative estimate of drug-likeness (QED) is 0.849. The molecule has 0 saturated heterocycles. The number of nitrogen functional groups attached to an aromatic ring is 1. The van der Waals surface area contributed by atoms with Gasteiger partial charge in [0.2, 0.25) is 0 Å². The van der Waals surface area contributed by atoms with E-state index in [0.717, 1.165) is 24.5 Å². The molecule has 0 unspecified atom stereocenters. The van der Waals surface area contributed by atoms with E-state index in [4.69, 9.17) is 10.2 Å². The fourth-order valence-corrected chi connectivity index (χ4v) is 1.59. The monoisotopic (exact) mass is 217 g/mol. The first-order valence-corrected chi connectivity index (χ1v) is 5.16. The lowest BCUT2D eigenvalue weighted by molar-refractivity contribution is 0.285. The van der Waals surface area contributed by atoms with Gasteiger partial charge in [-0.2, -0.15) is 0 Å². The first kappa shape index (κ1) is 10.7. The van der Waals surface area contributed by atoms with E-state index >= 15 is 0 Å². The molecule has 16 heavy (non-hydrogen) atoms. The lowest BCUT2D eigenvalue weighted by atomic mass is 10.3. The molecule has 84 valence electrons. The van der Waals surface area contributed by atoms with Crippen LogP contribution in [-0.4, -0.2) is 16.9 Å². The second-order valence-corrected chi connectivity index (χ2v) is 3.81. The number of nitrogens with zero attached hydrogens (tertiary/aromatic N) is 2. The average Bonchev–Trinajstić information content (AvgIpc) is 2.70. The molecule has 2 heterocycles. The number of furan rings is 1. The summed E-state index contributed by atoms with van der Waals surface area (Å²) < 4.78 is 5.28. The minimum atomic E-state index is 0.559. The molecule has 0 spiro atoms. The standard InChI is InChI=1S/C12H15N3O/c1-15(9-11-5-3-7-16-11)8-10-4-2-6-12(13)14-10/h2-7H,8-9H2,1H3,(H2,13,14). The predicted octanol–water partition coefficient (Wildman–Crippen LogP) is 1.89. The summed E-state index contributed by atoms with van der Waals surface area (Å²) in [5.74, 6) is 1.51. The Labute approximate surface area is 94.7 Å². The SMILES string of the molecule is CN(Cc1cccc(N)n1)Cc1ccco1. The highest BCUT2D eigenvalue weighted by atomic mass is 16.3. The number of anilines is 1. The number of hydrogen-bond acceptors (Lipinski definition) is 4. The third kappa shape index (κ3) is 2.84. The average molecular weight is 217 g/mol. The zero-order valence-corrected chi connectivity index (χ0v) is 9.26. The molecule has 0 aliphatic heterocycles. The van der Waals surface area contributed by atoms with Gasteiger partial charge < -0.3 is 10.2 Å². The summed E-state index contributed by atoms with van der Waals surface area (Å²) in [5.41, 5.74) is 6.59. The first-order valence-electron chi connectivity index (χ1n) is 5.16. The topological polar surface area (TPSA) is 55.3 Å².